The van der Waals surface area contributed by atoms with Gasteiger partial charge in [-0.1, -0.05) is 66.8 Å². The summed E-state index contributed by atoms with van der Waals surface area (Å²) >= 11 is 0. The first-order chi connectivity index (χ1) is 31.1. The summed E-state index contributed by atoms with van der Waals surface area (Å²) in [7, 11) is 0. The van der Waals surface area contributed by atoms with Gasteiger partial charge in [-0.25, -0.2) is 4.85 Å². The van der Waals surface area contributed by atoms with E-state index in [9.17, 15) is 5.26 Å². The van der Waals surface area contributed by atoms with Gasteiger partial charge in [0.25, 0.3) is 0 Å². The molecule has 0 bridgehead atoms. The third-order valence-electron chi connectivity index (χ3n) is 10.3. The predicted molar refractivity (Wildman–Crippen MR) is 271 cm³/mol. The average Bonchev–Trinajstić information content (AvgIpc) is 3.30. The zero-order valence-electron chi connectivity index (χ0n) is 37.3. The molecule has 0 heterocycles. The second-order valence-corrected chi connectivity index (χ2v) is 16.4. The molecule has 7 aromatic carbocycles. The second-order valence-electron chi connectivity index (χ2n) is 16.4. The number of hydrogen-bond donors (Lipinski definition) is 2. The minimum Gasteiger partial charge on any atom is -0.491 e. The molecule has 0 fully saturated rings. The lowest BCUT2D eigenvalue weighted by molar-refractivity contribution is 0.242. The first-order valence-electron chi connectivity index (χ1n) is 21.7. The van der Waals surface area contributed by atoms with Gasteiger partial charge in [0, 0.05) is 57.6 Å². The Bertz CT molecular complexity index is 2710. The Morgan fingerprint density at radius 3 is 1.33 bits per heavy atom. The van der Waals surface area contributed by atoms with Gasteiger partial charge in [-0.15, -0.1) is 0 Å². The van der Waals surface area contributed by atoms with E-state index < -0.39 is 0 Å². The highest BCUT2D eigenvalue weighted by molar-refractivity contribution is 5.85. The van der Waals surface area contributed by atoms with E-state index in [1.54, 1.807) is 12.1 Å². The van der Waals surface area contributed by atoms with Crippen LogP contribution >= 0.6 is 0 Å². The highest BCUT2D eigenvalue weighted by atomic mass is 16.5. The van der Waals surface area contributed by atoms with E-state index in [4.69, 9.17) is 11.3 Å². The van der Waals surface area contributed by atoms with E-state index in [1.165, 1.54) is 0 Å². The topological polar surface area (TPSA) is 67.9 Å². The lowest BCUT2D eigenvalue weighted by Gasteiger charge is -2.26. The fourth-order valence-electron chi connectivity index (χ4n) is 7.42. The Labute approximate surface area is 379 Å². The fourth-order valence-corrected chi connectivity index (χ4v) is 7.42. The van der Waals surface area contributed by atoms with E-state index in [2.05, 4.69) is 180 Å². The molecular weight excluding hydrogens is 785 g/mol. The standard InChI is InChI=1S/C57H54N6O/c1-40(2)60-48-21-29-53(30-22-48)62(50-11-9-8-10-12-50)51-25-15-43(16-26-51)13-19-45-38-57(59-7)46(37-47(45)39-58)20-14-44-17-27-52(28-18-44)63(54-31-23-49(24-32-54)61-41(3)4)55-33-35-56(36-34-55)64-42(5)6/h8-38,40-42,60-61H,1-6H3. The number of para-hydroxylation sites is 1. The average molecular weight is 839 g/mol. The van der Waals surface area contributed by atoms with E-state index in [1.807, 2.05) is 68.5 Å². The number of rotatable bonds is 16. The van der Waals surface area contributed by atoms with Crippen LogP contribution in [0.5, 0.6) is 5.75 Å². The summed E-state index contributed by atoms with van der Waals surface area (Å²) < 4.78 is 5.93. The maximum absolute atomic E-state index is 10.2. The van der Waals surface area contributed by atoms with Crippen molar-refractivity contribution >= 4 is 75.5 Å². The summed E-state index contributed by atoms with van der Waals surface area (Å²) in [6, 6.07) is 58.7. The summed E-state index contributed by atoms with van der Waals surface area (Å²) in [6.45, 7) is 20.6. The summed E-state index contributed by atoms with van der Waals surface area (Å²) in [5.41, 5.74) is 12.6. The zero-order chi connectivity index (χ0) is 45.0. The normalized spacial score (nSPS) is 11.2. The summed E-state index contributed by atoms with van der Waals surface area (Å²) in [4.78, 5) is 8.30. The number of nitriles is 1. The third kappa shape index (κ3) is 11.3. The molecule has 0 saturated heterocycles. The van der Waals surface area contributed by atoms with E-state index >= 15 is 0 Å². The molecule has 0 aliphatic rings. The Balaban J connectivity index is 1.10. The smallest absolute Gasteiger partial charge is 0.194 e. The molecule has 0 atom stereocenters. The monoisotopic (exact) mass is 838 g/mol. The molecule has 318 valence electrons. The van der Waals surface area contributed by atoms with Crippen molar-refractivity contribution in [3.8, 4) is 11.8 Å². The van der Waals surface area contributed by atoms with E-state index in [0.29, 0.717) is 34.5 Å². The maximum atomic E-state index is 10.2. The van der Waals surface area contributed by atoms with Crippen LogP contribution in [0.25, 0.3) is 29.1 Å². The Hall–Kier alpha value is -8.00. The van der Waals surface area contributed by atoms with Crippen LogP contribution in [0, 0.1) is 17.9 Å². The van der Waals surface area contributed by atoms with Gasteiger partial charge in [0.05, 0.1) is 24.3 Å². The Kier molecular flexibility index (Phi) is 14.3. The van der Waals surface area contributed by atoms with Crippen LogP contribution in [0.1, 0.15) is 69.4 Å². The van der Waals surface area contributed by atoms with Gasteiger partial charge in [-0.2, -0.15) is 5.26 Å². The van der Waals surface area contributed by atoms with Crippen LogP contribution in [-0.2, 0) is 0 Å². The van der Waals surface area contributed by atoms with Gasteiger partial charge in [-0.3, -0.25) is 0 Å². The fraction of sp³-hybridized carbons (Fsp3) is 0.158. The minimum atomic E-state index is 0.0889. The first kappa shape index (κ1) is 44.1. The van der Waals surface area contributed by atoms with Crippen LogP contribution in [0.3, 0.4) is 0 Å². The molecule has 0 aromatic heterocycles. The lowest BCUT2D eigenvalue weighted by Crippen LogP contribution is -2.12. The largest absolute Gasteiger partial charge is 0.491 e. The van der Waals surface area contributed by atoms with Crippen molar-refractivity contribution in [1.29, 1.82) is 5.26 Å². The van der Waals surface area contributed by atoms with Gasteiger partial charge in [0.1, 0.15) is 5.75 Å². The van der Waals surface area contributed by atoms with E-state index in [0.717, 1.165) is 62.4 Å². The molecular formula is C57H54N6O. The minimum absolute atomic E-state index is 0.0889. The van der Waals surface area contributed by atoms with Crippen LogP contribution in [0.4, 0.5) is 51.2 Å². The van der Waals surface area contributed by atoms with Gasteiger partial charge >= 0.3 is 0 Å². The molecule has 0 aliphatic heterocycles. The predicted octanol–water partition coefficient (Wildman–Crippen LogP) is 15.8. The second kappa shape index (κ2) is 20.7. The number of ether oxygens (including phenoxy) is 1. The van der Waals surface area contributed by atoms with Crippen molar-refractivity contribution in [3.05, 3.63) is 203 Å². The van der Waals surface area contributed by atoms with Crippen molar-refractivity contribution in [1.82, 2.24) is 0 Å². The molecule has 0 radical (unpaired) electrons. The van der Waals surface area contributed by atoms with Crippen molar-refractivity contribution in [2.45, 2.75) is 59.7 Å². The summed E-state index contributed by atoms with van der Waals surface area (Å²) in [5.74, 6) is 0.826. The zero-order valence-corrected chi connectivity index (χ0v) is 37.3. The van der Waals surface area contributed by atoms with Crippen LogP contribution in [0.15, 0.2) is 164 Å². The van der Waals surface area contributed by atoms with Crippen molar-refractivity contribution in [2.24, 2.45) is 0 Å². The van der Waals surface area contributed by atoms with Crippen molar-refractivity contribution in [3.63, 3.8) is 0 Å². The lowest BCUT2D eigenvalue weighted by atomic mass is 10.0. The van der Waals surface area contributed by atoms with Crippen LogP contribution < -0.4 is 25.2 Å². The SMILES string of the molecule is [C-]#[N+]c1cc(C=Cc2ccc(N(c3ccccc3)c3ccc(NC(C)C)cc3)cc2)c(C#N)cc1C=Cc1ccc(N(c2ccc(NC(C)C)cc2)c2ccc(OC(C)C)cc2)cc1. The molecule has 7 heteroatoms. The Morgan fingerprint density at radius 1 is 0.516 bits per heavy atom. The molecule has 0 saturated carbocycles. The quantitative estimate of drug-likeness (QED) is 0.0746. The molecule has 7 aromatic rings. The first-order valence-corrected chi connectivity index (χ1v) is 21.7. The van der Waals surface area contributed by atoms with Crippen LogP contribution in [-0.4, -0.2) is 18.2 Å². The number of nitrogens with zero attached hydrogens (tertiary/aromatic N) is 4. The van der Waals surface area contributed by atoms with Gasteiger partial charge < -0.3 is 25.2 Å². The highest BCUT2D eigenvalue weighted by Gasteiger charge is 2.15. The molecule has 0 amide bonds. The van der Waals surface area contributed by atoms with E-state index in [-0.39, 0.29) is 6.10 Å². The molecule has 0 aliphatic carbocycles. The number of nitrogens with one attached hydrogen (secondary N) is 2. The van der Waals surface area contributed by atoms with Gasteiger partial charge in [0.2, 0.25) is 0 Å². The maximum Gasteiger partial charge on any atom is 0.194 e. The summed E-state index contributed by atoms with van der Waals surface area (Å²) in [6.07, 6.45) is 7.88. The Morgan fingerprint density at radius 2 is 0.922 bits per heavy atom. The van der Waals surface area contributed by atoms with Gasteiger partial charge in [-0.05, 0) is 185 Å². The number of hydrogen-bond acceptors (Lipinski definition) is 6. The van der Waals surface area contributed by atoms with Crippen LogP contribution in [0.2, 0.25) is 0 Å². The van der Waals surface area contributed by atoms with Gasteiger partial charge in [0.15, 0.2) is 5.69 Å². The summed E-state index contributed by atoms with van der Waals surface area (Å²) in [5, 5.41) is 17.2. The molecule has 64 heavy (non-hydrogen) atoms. The molecule has 7 rings (SSSR count). The highest BCUT2D eigenvalue weighted by Crippen LogP contribution is 2.38. The molecule has 7 nitrogen and oxygen atoms in total. The van der Waals surface area contributed by atoms with Crippen molar-refractivity contribution < 1.29 is 4.74 Å². The number of benzene rings is 7. The molecule has 0 spiro atoms. The number of anilines is 8. The molecule has 0 unspecified atom stereocenters. The molecule has 2 N–H and O–H groups in total. The third-order valence-corrected chi connectivity index (χ3v) is 10.3. The van der Waals surface area contributed by atoms with Crippen molar-refractivity contribution in [2.75, 3.05) is 20.4 Å².